The van der Waals surface area contributed by atoms with Gasteiger partial charge in [0, 0.05) is 6.20 Å². The van der Waals surface area contributed by atoms with E-state index in [2.05, 4.69) is 4.98 Å². The monoisotopic (exact) mass is 370 g/mol. The number of aliphatic carboxylic acids is 1. The van der Waals surface area contributed by atoms with Gasteiger partial charge in [-0.1, -0.05) is 19.1 Å². The molecule has 0 fully saturated rings. The minimum atomic E-state index is -1.00. The highest BCUT2D eigenvalue weighted by atomic mass is 16.5. The molecule has 1 N–H and O–H groups in total. The van der Waals surface area contributed by atoms with Crippen LogP contribution in [0.5, 0.6) is 11.5 Å². The van der Waals surface area contributed by atoms with Crippen LogP contribution >= 0.6 is 0 Å². The van der Waals surface area contributed by atoms with Crippen molar-refractivity contribution in [3.8, 4) is 11.5 Å². The number of carbonyl (C=O) groups excluding carboxylic acids is 1. The summed E-state index contributed by atoms with van der Waals surface area (Å²) in [6.45, 7) is 5.27. The zero-order valence-corrected chi connectivity index (χ0v) is 15.5. The number of hydrogen-bond donors (Lipinski definition) is 1. The van der Waals surface area contributed by atoms with Crippen LogP contribution in [0, 0.1) is 0 Å². The Labute approximate surface area is 157 Å². The molecule has 0 aliphatic carbocycles. The number of carboxylic acids is 1. The van der Waals surface area contributed by atoms with Crippen LogP contribution in [0.1, 0.15) is 38.7 Å². The second-order valence-corrected chi connectivity index (χ2v) is 7.01. The minimum absolute atomic E-state index is 0.000334. The molecule has 7 nitrogen and oxygen atoms in total. The molecule has 1 atom stereocenters. The standard InChI is InChI=1S/C20H22N2O5/c1-13(11-17(23)24)14-6-8-15(9-7-14)26-12-22-18-16(5-4-10-21-18)27-20(2,3)19(22)25/h4-10,13H,11-12H2,1-3H3,(H,23,24). The van der Waals surface area contributed by atoms with Crippen molar-refractivity contribution in [3.63, 3.8) is 0 Å². The Hall–Kier alpha value is -3.09. The third-order valence-electron chi connectivity index (χ3n) is 4.42. The second-order valence-electron chi connectivity index (χ2n) is 7.01. The molecule has 2 heterocycles. The average Bonchev–Trinajstić information content (AvgIpc) is 2.62. The summed E-state index contributed by atoms with van der Waals surface area (Å²) >= 11 is 0. The third-order valence-corrected chi connectivity index (χ3v) is 4.42. The number of fused-ring (bicyclic) bond motifs is 1. The van der Waals surface area contributed by atoms with E-state index >= 15 is 0 Å². The number of pyridine rings is 1. The van der Waals surface area contributed by atoms with Gasteiger partial charge in [-0.2, -0.15) is 0 Å². The van der Waals surface area contributed by atoms with Gasteiger partial charge >= 0.3 is 5.97 Å². The Morgan fingerprint density at radius 1 is 1.30 bits per heavy atom. The van der Waals surface area contributed by atoms with E-state index in [-0.39, 0.29) is 25.0 Å². The molecule has 7 heteroatoms. The zero-order chi connectivity index (χ0) is 19.6. The first-order valence-electron chi connectivity index (χ1n) is 8.68. The minimum Gasteiger partial charge on any atom is -0.481 e. The molecule has 0 saturated heterocycles. The molecule has 3 rings (SSSR count). The van der Waals surface area contributed by atoms with Crippen molar-refractivity contribution in [2.45, 2.75) is 38.7 Å². The van der Waals surface area contributed by atoms with Crippen molar-refractivity contribution in [1.82, 2.24) is 4.98 Å². The highest BCUT2D eigenvalue weighted by Crippen LogP contribution is 2.35. The van der Waals surface area contributed by atoms with Crippen LogP contribution in [0.2, 0.25) is 0 Å². The summed E-state index contributed by atoms with van der Waals surface area (Å²) in [5.74, 6) is 0.380. The van der Waals surface area contributed by atoms with E-state index in [0.29, 0.717) is 17.3 Å². The largest absolute Gasteiger partial charge is 0.481 e. The van der Waals surface area contributed by atoms with E-state index in [1.807, 2.05) is 19.1 Å². The quantitative estimate of drug-likeness (QED) is 0.840. The molecule has 1 aromatic heterocycles. The highest BCUT2D eigenvalue weighted by Gasteiger charge is 2.41. The van der Waals surface area contributed by atoms with Crippen molar-refractivity contribution in [2.24, 2.45) is 0 Å². The van der Waals surface area contributed by atoms with E-state index in [1.165, 1.54) is 4.90 Å². The summed E-state index contributed by atoms with van der Waals surface area (Å²) in [6.07, 6.45) is 1.67. The number of hydrogen-bond acceptors (Lipinski definition) is 5. The fraction of sp³-hybridized carbons (Fsp3) is 0.350. The molecule has 1 aliphatic rings. The highest BCUT2D eigenvalue weighted by molar-refractivity contribution is 6.01. The van der Waals surface area contributed by atoms with Crippen LogP contribution in [0.4, 0.5) is 5.82 Å². The van der Waals surface area contributed by atoms with Crippen LogP contribution in [0.25, 0.3) is 0 Å². The number of carboxylic acid groups (broad SMARTS) is 1. The van der Waals surface area contributed by atoms with E-state index in [9.17, 15) is 9.59 Å². The molecular weight excluding hydrogens is 348 g/mol. The van der Waals surface area contributed by atoms with Crippen LogP contribution in [-0.2, 0) is 9.59 Å². The number of carbonyl (C=O) groups is 2. The SMILES string of the molecule is CC(CC(=O)O)c1ccc(OCN2C(=O)C(C)(C)Oc3cccnc32)cc1. The van der Waals surface area contributed by atoms with Crippen LogP contribution in [-0.4, -0.2) is 34.3 Å². The first kappa shape index (κ1) is 18.7. The third kappa shape index (κ3) is 4.02. The van der Waals surface area contributed by atoms with E-state index in [4.69, 9.17) is 14.6 Å². The summed E-state index contributed by atoms with van der Waals surface area (Å²) in [6, 6.07) is 10.7. The fourth-order valence-corrected chi connectivity index (χ4v) is 2.94. The molecule has 27 heavy (non-hydrogen) atoms. The molecule has 0 radical (unpaired) electrons. The van der Waals surface area contributed by atoms with Gasteiger partial charge in [0.05, 0.1) is 6.42 Å². The molecule has 142 valence electrons. The van der Waals surface area contributed by atoms with Gasteiger partial charge < -0.3 is 14.6 Å². The van der Waals surface area contributed by atoms with E-state index in [1.54, 1.807) is 44.3 Å². The average molecular weight is 370 g/mol. The zero-order valence-electron chi connectivity index (χ0n) is 15.5. The predicted molar refractivity (Wildman–Crippen MR) is 99.0 cm³/mol. The molecule has 1 amide bonds. The number of nitrogens with zero attached hydrogens (tertiary/aromatic N) is 2. The number of rotatable bonds is 6. The molecule has 0 saturated carbocycles. The van der Waals surface area contributed by atoms with Crippen molar-refractivity contribution in [1.29, 1.82) is 0 Å². The lowest BCUT2D eigenvalue weighted by Gasteiger charge is -2.37. The van der Waals surface area contributed by atoms with Gasteiger partial charge in [-0.05, 0) is 49.6 Å². The molecule has 0 bridgehead atoms. The lowest BCUT2D eigenvalue weighted by atomic mass is 9.98. The smallest absolute Gasteiger partial charge is 0.303 e. The summed E-state index contributed by atoms with van der Waals surface area (Å²) < 4.78 is 11.5. The molecular formula is C20H22N2O5. The van der Waals surface area contributed by atoms with Gasteiger partial charge in [0.25, 0.3) is 5.91 Å². The number of ether oxygens (including phenoxy) is 2. The summed E-state index contributed by atoms with van der Waals surface area (Å²) in [4.78, 5) is 29.2. The Bertz CT molecular complexity index is 848. The molecule has 0 spiro atoms. The number of anilines is 1. The van der Waals surface area contributed by atoms with Gasteiger partial charge in [0.1, 0.15) is 5.75 Å². The lowest BCUT2D eigenvalue weighted by Crippen LogP contribution is -2.53. The van der Waals surface area contributed by atoms with Gasteiger partial charge in [-0.3, -0.25) is 14.5 Å². The first-order valence-corrected chi connectivity index (χ1v) is 8.68. The molecule has 1 unspecified atom stereocenters. The Balaban J connectivity index is 1.72. The van der Waals surface area contributed by atoms with Crippen LogP contribution in [0.15, 0.2) is 42.6 Å². The Morgan fingerprint density at radius 2 is 2.00 bits per heavy atom. The molecule has 2 aromatic rings. The predicted octanol–water partition coefficient (Wildman–Crippen LogP) is 3.20. The first-order chi connectivity index (χ1) is 12.8. The summed E-state index contributed by atoms with van der Waals surface area (Å²) in [7, 11) is 0. The number of amides is 1. The molecule has 1 aliphatic heterocycles. The normalized spacial score (nSPS) is 16.3. The number of aromatic nitrogens is 1. The van der Waals surface area contributed by atoms with Crippen molar-refractivity contribution in [3.05, 3.63) is 48.2 Å². The Kier molecular flexibility index (Phi) is 5.03. The Morgan fingerprint density at radius 3 is 2.67 bits per heavy atom. The van der Waals surface area contributed by atoms with Gasteiger partial charge in [0.15, 0.2) is 23.9 Å². The van der Waals surface area contributed by atoms with E-state index in [0.717, 1.165) is 5.56 Å². The van der Waals surface area contributed by atoms with Gasteiger partial charge in [-0.25, -0.2) is 4.98 Å². The summed E-state index contributed by atoms with van der Waals surface area (Å²) in [5.41, 5.74) is -0.0875. The van der Waals surface area contributed by atoms with Crippen LogP contribution < -0.4 is 14.4 Å². The topological polar surface area (TPSA) is 89.0 Å². The molecule has 1 aromatic carbocycles. The van der Waals surface area contributed by atoms with Gasteiger partial charge in [-0.15, -0.1) is 0 Å². The van der Waals surface area contributed by atoms with Crippen molar-refractivity contribution >= 4 is 17.7 Å². The van der Waals surface area contributed by atoms with Gasteiger partial charge in [0.2, 0.25) is 0 Å². The lowest BCUT2D eigenvalue weighted by molar-refractivity contribution is -0.137. The summed E-state index contributed by atoms with van der Waals surface area (Å²) in [5, 5.41) is 8.90. The number of benzene rings is 1. The van der Waals surface area contributed by atoms with Crippen molar-refractivity contribution < 1.29 is 24.2 Å². The van der Waals surface area contributed by atoms with Crippen molar-refractivity contribution in [2.75, 3.05) is 11.6 Å². The maximum absolute atomic E-state index is 12.7. The fourth-order valence-electron chi connectivity index (χ4n) is 2.94. The maximum atomic E-state index is 12.7. The van der Waals surface area contributed by atoms with Crippen LogP contribution in [0.3, 0.4) is 0 Å². The maximum Gasteiger partial charge on any atom is 0.303 e. The van der Waals surface area contributed by atoms with E-state index < -0.39 is 11.6 Å². The second kappa shape index (κ2) is 7.26.